The van der Waals surface area contributed by atoms with E-state index in [2.05, 4.69) is 9.62 Å². The highest BCUT2D eigenvalue weighted by Gasteiger charge is 2.36. The number of carbonyl (C=O) groups excluding carboxylic acids is 1. The monoisotopic (exact) mass is 555 g/mol. The second-order valence-corrected chi connectivity index (χ2v) is 11.7. The molecule has 0 aliphatic carbocycles. The number of rotatable bonds is 8. The highest BCUT2D eigenvalue weighted by Crippen LogP contribution is 2.24. The summed E-state index contributed by atoms with van der Waals surface area (Å²) < 4.78 is 34.7. The summed E-state index contributed by atoms with van der Waals surface area (Å²) in [5, 5.41) is 17.0. The lowest BCUT2D eigenvalue weighted by Crippen LogP contribution is -2.54. The molecule has 2 heterocycles. The van der Waals surface area contributed by atoms with Crippen LogP contribution in [0.15, 0.2) is 59.0 Å². The number of hydrogen-bond acceptors (Lipinski definition) is 7. The number of nitrogen functional groups attached to an aromatic ring is 1. The standard InChI is InChI=1S/C27H33N5O6S/c1-17-8-11-32(24(12-17)38-27(34)35)26(33)23(14-18-4-3-5-20(13-18)25(28)29)30-39(36,37)22-7-6-19-9-10-31(2)16-21(19)15-22/h3-8,13,15,23-24,30H,9-12,14,16H2,1-2H3,(H3,28,29)(H,34,35)/t23-,24+/m0/s1. The van der Waals surface area contributed by atoms with Gasteiger partial charge in [-0.05, 0) is 61.7 Å². The van der Waals surface area contributed by atoms with E-state index in [9.17, 15) is 23.1 Å². The van der Waals surface area contributed by atoms with E-state index in [0.29, 0.717) is 17.7 Å². The molecule has 0 saturated carbocycles. The Morgan fingerprint density at radius 2 is 2.00 bits per heavy atom. The zero-order chi connectivity index (χ0) is 28.3. The van der Waals surface area contributed by atoms with Gasteiger partial charge in [-0.25, -0.2) is 13.2 Å². The average Bonchev–Trinajstić information content (AvgIpc) is 2.87. The molecule has 0 unspecified atom stereocenters. The predicted molar refractivity (Wildman–Crippen MR) is 145 cm³/mol. The van der Waals surface area contributed by atoms with Crippen LogP contribution in [-0.4, -0.2) is 73.6 Å². The third-order valence-corrected chi connectivity index (χ3v) is 8.43. The fourth-order valence-corrected chi connectivity index (χ4v) is 6.11. The number of fused-ring (bicyclic) bond motifs is 1. The summed E-state index contributed by atoms with van der Waals surface area (Å²) in [6.07, 6.45) is 0.107. The van der Waals surface area contributed by atoms with Gasteiger partial charge in [0.1, 0.15) is 11.9 Å². The molecular formula is C27H33N5O6S. The van der Waals surface area contributed by atoms with E-state index in [-0.39, 0.29) is 30.1 Å². The van der Waals surface area contributed by atoms with Gasteiger partial charge >= 0.3 is 6.16 Å². The second kappa shape index (κ2) is 11.6. The lowest BCUT2D eigenvalue weighted by atomic mass is 10.0. The molecule has 0 fully saturated rings. The molecule has 4 rings (SSSR count). The number of amides is 1. The van der Waals surface area contributed by atoms with Crippen molar-refractivity contribution in [2.45, 2.75) is 49.9 Å². The maximum Gasteiger partial charge on any atom is 0.507 e. The van der Waals surface area contributed by atoms with Crippen LogP contribution < -0.4 is 10.5 Å². The van der Waals surface area contributed by atoms with E-state index in [1.54, 1.807) is 49.4 Å². The van der Waals surface area contributed by atoms with Crippen LogP contribution in [0.3, 0.4) is 0 Å². The lowest BCUT2D eigenvalue weighted by molar-refractivity contribution is -0.144. The van der Waals surface area contributed by atoms with Gasteiger partial charge in [0.25, 0.3) is 0 Å². The number of carboxylic acid groups (broad SMARTS) is 1. The zero-order valence-electron chi connectivity index (χ0n) is 21.9. The molecule has 208 valence electrons. The predicted octanol–water partition coefficient (Wildman–Crippen LogP) is 2.05. The molecule has 2 aromatic carbocycles. The van der Waals surface area contributed by atoms with E-state index in [0.717, 1.165) is 29.7 Å². The first-order valence-corrected chi connectivity index (χ1v) is 14.0. The topological polar surface area (TPSA) is 166 Å². The Kier molecular flexibility index (Phi) is 8.38. The molecule has 0 bridgehead atoms. The van der Waals surface area contributed by atoms with Gasteiger partial charge in [0.15, 0.2) is 6.23 Å². The van der Waals surface area contributed by atoms with E-state index >= 15 is 0 Å². The van der Waals surface area contributed by atoms with Crippen molar-refractivity contribution in [2.75, 3.05) is 20.1 Å². The first-order chi connectivity index (χ1) is 18.4. The molecule has 12 heteroatoms. The number of amidine groups is 1. The number of likely N-dealkylation sites (N-methyl/N-ethyl adjacent to an activating group) is 1. The number of hydrogen-bond donors (Lipinski definition) is 4. The van der Waals surface area contributed by atoms with Crippen molar-refractivity contribution in [3.8, 4) is 0 Å². The molecule has 2 aromatic rings. The van der Waals surface area contributed by atoms with Gasteiger partial charge in [-0.2, -0.15) is 4.72 Å². The Morgan fingerprint density at radius 3 is 2.72 bits per heavy atom. The van der Waals surface area contributed by atoms with E-state index in [4.69, 9.17) is 15.9 Å². The summed E-state index contributed by atoms with van der Waals surface area (Å²) in [5.74, 6) is -0.787. The Bertz CT molecular complexity index is 1420. The van der Waals surface area contributed by atoms with Crippen LogP contribution in [0.5, 0.6) is 0 Å². The summed E-state index contributed by atoms with van der Waals surface area (Å²) in [7, 11) is -2.18. The maximum atomic E-state index is 13.8. The molecule has 5 N–H and O–H groups in total. The van der Waals surface area contributed by atoms with E-state index < -0.39 is 34.4 Å². The Hall–Kier alpha value is -3.74. The van der Waals surface area contributed by atoms with E-state index in [1.807, 2.05) is 7.05 Å². The van der Waals surface area contributed by atoms with Gasteiger partial charge in [-0.1, -0.05) is 35.9 Å². The Morgan fingerprint density at radius 1 is 1.23 bits per heavy atom. The summed E-state index contributed by atoms with van der Waals surface area (Å²) in [6, 6.07) is 10.3. The molecule has 0 radical (unpaired) electrons. The SMILES string of the molecule is CC1=CCN(C(=O)[C@H](Cc2cccc(C(=N)N)c2)NS(=O)(=O)c2ccc3c(c2)CN(C)CC3)[C@H](OC(=O)O)C1. The lowest BCUT2D eigenvalue weighted by Gasteiger charge is -2.35. The van der Waals surface area contributed by atoms with Crippen molar-refractivity contribution >= 4 is 27.9 Å². The number of nitrogens with one attached hydrogen (secondary N) is 2. The molecule has 2 aliphatic rings. The minimum atomic E-state index is -4.15. The molecule has 2 atom stereocenters. The Labute approximate surface area is 227 Å². The van der Waals surface area contributed by atoms with Crippen molar-refractivity contribution < 1.29 is 27.9 Å². The number of nitrogens with two attached hydrogens (primary N) is 1. The molecule has 0 aromatic heterocycles. The highest BCUT2D eigenvalue weighted by atomic mass is 32.2. The number of nitrogens with zero attached hydrogens (tertiary/aromatic N) is 2. The van der Waals surface area contributed by atoms with Gasteiger partial charge in [-0.15, -0.1) is 0 Å². The summed E-state index contributed by atoms with van der Waals surface area (Å²) >= 11 is 0. The fourth-order valence-electron chi connectivity index (χ4n) is 4.87. The molecular weight excluding hydrogens is 522 g/mol. The van der Waals surface area contributed by atoms with Crippen LogP contribution in [0.4, 0.5) is 4.79 Å². The average molecular weight is 556 g/mol. The van der Waals surface area contributed by atoms with Gasteiger partial charge in [0.05, 0.1) is 4.90 Å². The first kappa shape index (κ1) is 28.3. The van der Waals surface area contributed by atoms with Crippen LogP contribution in [0.2, 0.25) is 0 Å². The second-order valence-electron chi connectivity index (χ2n) is 9.99. The number of carbonyl (C=O) groups is 2. The molecule has 11 nitrogen and oxygen atoms in total. The minimum Gasteiger partial charge on any atom is -0.450 e. The number of sulfonamides is 1. The van der Waals surface area contributed by atoms with Crippen LogP contribution in [0.1, 0.15) is 35.6 Å². The van der Waals surface area contributed by atoms with Crippen LogP contribution in [-0.2, 0) is 38.9 Å². The van der Waals surface area contributed by atoms with Crippen molar-refractivity contribution in [1.82, 2.24) is 14.5 Å². The van der Waals surface area contributed by atoms with Crippen LogP contribution >= 0.6 is 0 Å². The van der Waals surface area contributed by atoms with Crippen molar-refractivity contribution in [3.05, 3.63) is 76.4 Å². The quantitative estimate of drug-likeness (QED) is 0.166. The molecule has 0 saturated heterocycles. The maximum absolute atomic E-state index is 13.8. The largest absolute Gasteiger partial charge is 0.507 e. The van der Waals surface area contributed by atoms with Gasteiger partial charge in [0.2, 0.25) is 15.9 Å². The van der Waals surface area contributed by atoms with Crippen LogP contribution in [0, 0.1) is 5.41 Å². The number of benzene rings is 2. The first-order valence-electron chi connectivity index (χ1n) is 12.5. The third kappa shape index (κ3) is 6.83. The molecule has 1 amide bonds. The van der Waals surface area contributed by atoms with Crippen molar-refractivity contribution in [2.24, 2.45) is 5.73 Å². The van der Waals surface area contributed by atoms with Crippen molar-refractivity contribution in [3.63, 3.8) is 0 Å². The van der Waals surface area contributed by atoms with Crippen molar-refractivity contribution in [1.29, 1.82) is 5.41 Å². The van der Waals surface area contributed by atoms with Gasteiger partial charge in [-0.3, -0.25) is 10.2 Å². The number of ether oxygens (including phenoxy) is 1. The smallest absolute Gasteiger partial charge is 0.450 e. The highest BCUT2D eigenvalue weighted by molar-refractivity contribution is 7.89. The Balaban J connectivity index is 1.68. The fraction of sp³-hybridized carbons (Fsp3) is 0.370. The summed E-state index contributed by atoms with van der Waals surface area (Å²) in [4.78, 5) is 28.5. The van der Waals surface area contributed by atoms with Gasteiger partial charge < -0.3 is 25.4 Å². The zero-order valence-corrected chi connectivity index (χ0v) is 22.7. The summed E-state index contributed by atoms with van der Waals surface area (Å²) in [6.45, 7) is 3.38. The molecule has 2 aliphatic heterocycles. The van der Waals surface area contributed by atoms with Gasteiger partial charge in [0, 0.05) is 31.6 Å². The minimum absolute atomic E-state index is 0.0413. The van der Waals surface area contributed by atoms with E-state index in [1.165, 1.54) is 11.0 Å². The summed E-state index contributed by atoms with van der Waals surface area (Å²) in [5.41, 5.74) is 9.50. The molecule has 39 heavy (non-hydrogen) atoms. The third-order valence-electron chi connectivity index (χ3n) is 6.97. The van der Waals surface area contributed by atoms with Crippen LogP contribution in [0.25, 0.3) is 0 Å². The molecule has 0 spiro atoms. The normalized spacial score (nSPS) is 18.6.